The fourth-order valence-electron chi connectivity index (χ4n) is 8.36. The predicted molar refractivity (Wildman–Crippen MR) is 93.7 cm³/mol. The third-order valence-electron chi connectivity index (χ3n) is 9.43. The number of aliphatic hydroxyl groups is 3. The van der Waals surface area contributed by atoms with E-state index >= 15 is 0 Å². The van der Waals surface area contributed by atoms with Crippen molar-refractivity contribution in [2.45, 2.75) is 70.2 Å². The zero-order chi connectivity index (χ0) is 17.6. The van der Waals surface area contributed by atoms with E-state index in [4.69, 9.17) is 4.74 Å². The lowest BCUT2D eigenvalue weighted by Crippen LogP contribution is -2.74. The minimum Gasteiger partial charge on any atom is -0.394 e. The van der Waals surface area contributed by atoms with Gasteiger partial charge in [-0.1, -0.05) is 19.9 Å². The lowest BCUT2D eigenvalue weighted by molar-refractivity contribution is -0.321. The van der Waals surface area contributed by atoms with Gasteiger partial charge in [0.15, 0.2) is 0 Å². The first-order valence-corrected chi connectivity index (χ1v) is 10.2. The van der Waals surface area contributed by atoms with Crippen molar-refractivity contribution in [1.29, 1.82) is 0 Å². The largest absolute Gasteiger partial charge is 0.394 e. The van der Waals surface area contributed by atoms with Crippen molar-refractivity contribution in [3.8, 4) is 0 Å². The smallest absolute Gasteiger partial charge is 0.0867 e. The van der Waals surface area contributed by atoms with Crippen molar-refractivity contribution in [1.82, 2.24) is 0 Å². The van der Waals surface area contributed by atoms with Gasteiger partial charge < -0.3 is 20.1 Å². The van der Waals surface area contributed by atoms with Crippen LogP contribution >= 0.6 is 0 Å². The van der Waals surface area contributed by atoms with Gasteiger partial charge in [0.05, 0.1) is 31.5 Å². The maximum atomic E-state index is 11.3. The summed E-state index contributed by atoms with van der Waals surface area (Å²) in [5.41, 5.74) is 0.451. The Morgan fingerprint density at radius 1 is 1.12 bits per heavy atom. The molecule has 25 heavy (non-hydrogen) atoms. The summed E-state index contributed by atoms with van der Waals surface area (Å²) in [4.78, 5) is 0. The van der Waals surface area contributed by atoms with E-state index in [1.165, 1.54) is 0 Å². The second-order valence-corrected chi connectivity index (χ2v) is 10.0. The van der Waals surface area contributed by atoms with Gasteiger partial charge in [0.1, 0.15) is 0 Å². The Morgan fingerprint density at radius 3 is 2.68 bits per heavy atom. The zero-order valence-corrected chi connectivity index (χ0v) is 15.3. The number of hydrogen-bond acceptors (Lipinski definition) is 4. The highest BCUT2D eigenvalue weighted by atomic mass is 16.5. The molecule has 4 nitrogen and oxygen atoms in total. The van der Waals surface area contributed by atoms with Gasteiger partial charge in [0, 0.05) is 10.8 Å². The average Bonchev–Trinajstić information content (AvgIpc) is 2.60. The summed E-state index contributed by atoms with van der Waals surface area (Å²) >= 11 is 0. The molecular weight excluding hydrogens is 316 g/mol. The van der Waals surface area contributed by atoms with Gasteiger partial charge in [-0.3, -0.25) is 0 Å². The standard InChI is InChI=1S/C21H32O4/c1-12-13-4-7-21(18(12)24)15(8-13)20-6-3-5-19(2,11-25-17(20)10-22)14(20)9-16(21)23/h13-18,22-24H,1,3-11H2,2H3/t13-,14?,15?,16+,17?,18-,19-,20-,21+/m0/s1. The quantitative estimate of drug-likeness (QED) is 0.636. The van der Waals surface area contributed by atoms with E-state index < -0.39 is 17.6 Å². The summed E-state index contributed by atoms with van der Waals surface area (Å²) in [5, 5.41) is 32.7. The van der Waals surface area contributed by atoms with E-state index in [0.717, 1.165) is 50.5 Å². The third kappa shape index (κ3) is 1.73. The highest BCUT2D eigenvalue weighted by Crippen LogP contribution is 2.74. The Hall–Kier alpha value is -0.420. The molecule has 9 atom stereocenters. The molecule has 3 N–H and O–H groups in total. The molecule has 1 aliphatic heterocycles. The van der Waals surface area contributed by atoms with Crippen LogP contribution in [0.25, 0.3) is 0 Å². The summed E-state index contributed by atoms with van der Waals surface area (Å²) in [6.07, 6.45) is 5.78. The zero-order valence-electron chi connectivity index (χ0n) is 15.3. The number of aliphatic hydroxyl groups excluding tert-OH is 3. The average molecular weight is 348 g/mol. The molecule has 0 radical (unpaired) electrons. The topological polar surface area (TPSA) is 69.9 Å². The Labute approximate surface area is 150 Å². The molecule has 3 unspecified atom stereocenters. The van der Waals surface area contributed by atoms with Crippen LogP contribution in [-0.4, -0.2) is 46.8 Å². The normalized spacial score (nSPS) is 60.1. The van der Waals surface area contributed by atoms with E-state index in [1.54, 1.807) is 0 Å². The fraction of sp³-hybridized carbons (Fsp3) is 0.905. The van der Waals surface area contributed by atoms with Crippen LogP contribution in [0.1, 0.15) is 51.9 Å². The molecule has 5 saturated carbocycles. The second kappa shape index (κ2) is 5.09. The summed E-state index contributed by atoms with van der Waals surface area (Å²) < 4.78 is 6.27. The first-order chi connectivity index (χ1) is 11.9. The van der Waals surface area contributed by atoms with E-state index in [1.807, 2.05) is 0 Å². The molecule has 0 aromatic heterocycles. The highest BCUT2D eigenvalue weighted by Gasteiger charge is 2.73. The van der Waals surface area contributed by atoms with E-state index in [0.29, 0.717) is 18.4 Å². The molecule has 6 rings (SSSR count). The van der Waals surface area contributed by atoms with Crippen molar-refractivity contribution in [3.63, 3.8) is 0 Å². The number of hydrogen-bond donors (Lipinski definition) is 3. The molecule has 6 fully saturated rings. The molecule has 1 spiro atoms. The van der Waals surface area contributed by atoms with E-state index in [2.05, 4.69) is 13.5 Å². The highest BCUT2D eigenvalue weighted by molar-refractivity contribution is 5.30. The molecule has 4 heteroatoms. The third-order valence-corrected chi connectivity index (χ3v) is 9.43. The predicted octanol–water partition coefficient (Wildman–Crippen LogP) is 2.27. The second-order valence-electron chi connectivity index (χ2n) is 10.0. The number of rotatable bonds is 1. The first kappa shape index (κ1) is 16.7. The molecule has 4 bridgehead atoms. The van der Waals surface area contributed by atoms with E-state index in [9.17, 15) is 15.3 Å². The van der Waals surface area contributed by atoms with Crippen molar-refractivity contribution < 1.29 is 20.1 Å². The molecule has 6 aliphatic rings. The van der Waals surface area contributed by atoms with Crippen molar-refractivity contribution in [2.75, 3.05) is 13.2 Å². The van der Waals surface area contributed by atoms with Crippen molar-refractivity contribution in [2.24, 2.45) is 34.0 Å². The van der Waals surface area contributed by atoms with Gasteiger partial charge in [-0.15, -0.1) is 0 Å². The van der Waals surface area contributed by atoms with E-state index in [-0.39, 0.29) is 29.5 Å². The van der Waals surface area contributed by atoms with Crippen LogP contribution in [0.4, 0.5) is 0 Å². The SMILES string of the molecule is C=C1[C@H]2CC[C@]3(C(C2)[C@@]24CCC[C@@](C)(COC2CO)C4C[C@H]3O)[C@H]1O. The maximum Gasteiger partial charge on any atom is 0.0867 e. The Kier molecular flexibility index (Phi) is 3.41. The van der Waals surface area contributed by atoms with Gasteiger partial charge in [-0.05, 0) is 67.3 Å². The first-order valence-electron chi connectivity index (χ1n) is 10.2. The van der Waals surface area contributed by atoms with Crippen LogP contribution in [0.15, 0.2) is 12.2 Å². The molecule has 0 aromatic carbocycles. The monoisotopic (exact) mass is 348 g/mol. The van der Waals surface area contributed by atoms with Crippen molar-refractivity contribution >= 4 is 0 Å². The van der Waals surface area contributed by atoms with Crippen LogP contribution in [0.3, 0.4) is 0 Å². The Bertz CT molecular complexity index is 605. The fourth-order valence-corrected chi connectivity index (χ4v) is 8.36. The lowest BCUT2D eigenvalue weighted by Gasteiger charge is -2.74. The summed E-state index contributed by atoms with van der Waals surface area (Å²) in [7, 11) is 0. The Morgan fingerprint density at radius 2 is 1.92 bits per heavy atom. The molecule has 5 aliphatic carbocycles. The number of fused-ring (bicyclic) bond motifs is 2. The van der Waals surface area contributed by atoms with Gasteiger partial charge in [-0.25, -0.2) is 0 Å². The van der Waals surface area contributed by atoms with Crippen LogP contribution in [-0.2, 0) is 4.74 Å². The van der Waals surface area contributed by atoms with Crippen molar-refractivity contribution in [3.05, 3.63) is 12.2 Å². The minimum atomic E-state index is -0.607. The minimum absolute atomic E-state index is 0.0525. The van der Waals surface area contributed by atoms with Gasteiger partial charge in [0.25, 0.3) is 0 Å². The van der Waals surface area contributed by atoms with Gasteiger partial charge in [-0.2, -0.15) is 0 Å². The summed E-state index contributed by atoms with van der Waals surface area (Å²) in [6.45, 7) is 7.25. The lowest BCUT2D eigenvalue weighted by atomic mass is 9.33. The molecule has 1 saturated heterocycles. The number of ether oxygens (including phenoxy) is 1. The van der Waals surface area contributed by atoms with Crippen LogP contribution in [0.2, 0.25) is 0 Å². The Balaban J connectivity index is 1.69. The molecular formula is C21H32O4. The van der Waals surface area contributed by atoms with Crippen LogP contribution in [0, 0.1) is 34.0 Å². The summed E-state index contributed by atoms with van der Waals surface area (Å²) in [5.74, 6) is 0.965. The van der Waals surface area contributed by atoms with Crippen LogP contribution in [0.5, 0.6) is 0 Å². The molecule has 0 aromatic rings. The summed E-state index contributed by atoms with van der Waals surface area (Å²) in [6, 6.07) is 0. The molecule has 0 amide bonds. The van der Waals surface area contributed by atoms with Gasteiger partial charge in [0.2, 0.25) is 0 Å². The van der Waals surface area contributed by atoms with Gasteiger partial charge >= 0.3 is 0 Å². The maximum absolute atomic E-state index is 11.3. The molecule has 140 valence electrons. The molecule has 1 heterocycles. The van der Waals surface area contributed by atoms with Crippen LogP contribution < -0.4 is 0 Å².